The largest absolute Gasteiger partial charge is 0.380 e. The van der Waals surface area contributed by atoms with E-state index in [1.165, 1.54) is 11.1 Å². The van der Waals surface area contributed by atoms with Gasteiger partial charge < -0.3 is 19.5 Å². The first-order valence-corrected chi connectivity index (χ1v) is 9.21. The molecule has 3 rings (SSSR count). The van der Waals surface area contributed by atoms with E-state index < -0.39 is 0 Å². The van der Waals surface area contributed by atoms with Gasteiger partial charge in [0, 0.05) is 46.2 Å². The van der Waals surface area contributed by atoms with Crippen LogP contribution in [0, 0.1) is 5.92 Å². The van der Waals surface area contributed by atoms with Crippen LogP contribution in [0.1, 0.15) is 30.5 Å². The number of halogens is 1. The van der Waals surface area contributed by atoms with Crippen LogP contribution >= 0.6 is 24.0 Å². The molecule has 0 saturated carbocycles. The monoisotopic (exact) mass is 483 g/mol. The summed E-state index contributed by atoms with van der Waals surface area (Å²) in [5, 5.41) is 3.51. The third-order valence-electron chi connectivity index (χ3n) is 5.12. The summed E-state index contributed by atoms with van der Waals surface area (Å²) in [5.41, 5.74) is 2.43. The third kappa shape index (κ3) is 5.68. The standard InChI is InChI=1S/C20H29N5O.HI/c1-16-8-10-24(13-19(16)25-11-9-22-15-25)20(21-2)23-12-17-4-6-18(7-5-17)14-26-3;/h4-7,9,11,15-16,19H,8,10,12-14H2,1-3H3,(H,21,23);1H. The number of guanidine groups is 1. The molecule has 27 heavy (non-hydrogen) atoms. The number of aliphatic imine (C=N–C) groups is 1. The number of hydrogen-bond acceptors (Lipinski definition) is 3. The van der Waals surface area contributed by atoms with E-state index in [-0.39, 0.29) is 24.0 Å². The maximum atomic E-state index is 5.16. The van der Waals surface area contributed by atoms with Crippen molar-refractivity contribution in [3.8, 4) is 0 Å². The van der Waals surface area contributed by atoms with Gasteiger partial charge in [-0.15, -0.1) is 24.0 Å². The summed E-state index contributed by atoms with van der Waals surface area (Å²) < 4.78 is 7.39. The molecule has 0 bridgehead atoms. The Labute approximate surface area is 179 Å². The number of ether oxygens (including phenoxy) is 1. The summed E-state index contributed by atoms with van der Waals surface area (Å²) in [6, 6.07) is 8.93. The number of methoxy groups -OCH3 is 1. The van der Waals surface area contributed by atoms with E-state index in [9.17, 15) is 0 Å². The van der Waals surface area contributed by atoms with E-state index >= 15 is 0 Å². The van der Waals surface area contributed by atoms with E-state index in [0.717, 1.165) is 32.0 Å². The van der Waals surface area contributed by atoms with Gasteiger partial charge in [0.15, 0.2) is 5.96 Å². The molecule has 2 aromatic rings. The number of aromatic nitrogens is 2. The van der Waals surface area contributed by atoms with Crippen molar-refractivity contribution in [1.29, 1.82) is 0 Å². The topological polar surface area (TPSA) is 54.7 Å². The molecule has 0 radical (unpaired) electrons. The highest BCUT2D eigenvalue weighted by Crippen LogP contribution is 2.27. The highest BCUT2D eigenvalue weighted by Gasteiger charge is 2.28. The molecule has 1 saturated heterocycles. The lowest BCUT2D eigenvalue weighted by atomic mass is 9.93. The summed E-state index contributed by atoms with van der Waals surface area (Å²) >= 11 is 0. The first-order chi connectivity index (χ1) is 12.7. The van der Waals surface area contributed by atoms with Gasteiger partial charge in [0.1, 0.15) is 0 Å². The second-order valence-electron chi connectivity index (χ2n) is 6.94. The molecular formula is C20H30IN5O. The highest BCUT2D eigenvalue weighted by atomic mass is 127. The van der Waals surface area contributed by atoms with Gasteiger partial charge in [-0.1, -0.05) is 31.2 Å². The zero-order valence-electron chi connectivity index (χ0n) is 16.3. The van der Waals surface area contributed by atoms with Crippen LogP contribution in [-0.4, -0.2) is 47.7 Å². The van der Waals surface area contributed by atoms with Crippen molar-refractivity contribution in [3.63, 3.8) is 0 Å². The molecule has 1 aromatic heterocycles. The van der Waals surface area contributed by atoms with Gasteiger partial charge in [0.25, 0.3) is 0 Å². The molecule has 6 nitrogen and oxygen atoms in total. The second kappa shape index (κ2) is 10.7. The van der Waals surface area contributed by atoms with Crippen LogP contribution in [0.4, 0.5) is 0 Å². The van der Waals surface area contributed by atoms with E-state index in [1.54, 1.807) is 7.11 Å². The van der Waals surface area contributed by atoms with Crippen molar-refractivity contribution < 1.29 is 4.74 Å². The van der Waals surface area contributed by atoms with Gasteiger partial charge in [0.2, 0.25) is 0 Å². The first-order valence-electron chi connectivity index (χ1n) is 9.21. The lowest BCUT2D eigenvalue weighted by Gasteiger charge is -2.39. The Balaban J connectivity index is 0.00000261. The normalized spacial score (nSPS) is 20.3. The minimum atomic E-state index is 0. The van der Waals surface area contributed by atoms with Crippen molar-refractivity contribution in [2.24, 2.45) is 10.9 Å². The fraction of sp³-hybridized carbons (Fsp3) is 0.500. The second-order valence-corrected chi connectivity index (χ2v) is 6.94. The lowest BCUT2D eigenvalue weighted by Crippen LogP contribution is -2.48. The summed E-state index contributed by atoms with van der Waals surface area (Å²) in [6.45, 7) is 5.71. The Bertz CT molecular complexity index is 702. The Kier molecular flexibility index (Phi) is 8.56. The fourth-order valence-corrected chi connectivity index (χ4v) is 3.53. The highest BCUT2D eigenvalue weighted by molar-refractivity contribution is 14.0. The molecule has 1 aliphatic heterocycles. The number of imidazole rings is 1. The average Bonchev–Trinajstić information content (AvgIpc) is 3.19. The Hall–Kier alpha value is -1.61. The molecule has 0 amide bonds. The summed E-state index contributed by atoms with van der Waals surface area (Å²) in [4.78, 5) is 11.1. The van der Waals surface area contributed by atoms with Gasteiger partial charge in [0.05, 0.1) is 19.0 Å². The maximum absolute atomic E-state index is 5.16. The van der Waals surface area contributed by atoms with Crippen LogP contribution in [0.5, 0.6) is 0 Å². The molecule has 2 heterocycles. The van der Waals surface area contributed by atoms with Gasteiger partial charge >= 0.3 is 0 Å². The molecule has 1 N–H and O–H groups in total. The number of rotatable bonds is 5. The molecule has 2 unspecified atom stereocenters. The van der Waals surface area contributed by atoms with Gasteiger partial charge in [-0.25, -0.2) is 4.98 Å². The molecular weight excluding hydrogens is 453 g/mol. The number of likely N-dealkylation sites (tertiary alicyclic amines) is 1. The number of benzene rings is 1. The van der Waals surface area contributed by atoms with Crippen LogP contribution in [0.3, 0.4) is 0 Å². The van der Waals surface area contributed by atoms with E-state index in [2.05, 4.69) is 62.1 Å². The SMILES string of the molecule is CN=C(NCc1ccc(COC)cc1)N1CCC(C)C(n2ccnc2)C1.I. The molecule has 148 valence electrons. The number of piperidine rings is 1. The van der Waals surface area contributed by atoms with E-state index in [0.29, 0.717) is 18.6 Å². The van der Waals surface area contributed by atoms with Gasteiger partial charge in [-0.05, 0) is 23.5 Å². The molecule has 7 heteroatoms. The summed E-state index contributed by atoms with van der Waals surface area (Å²) in [5.74, 6) is 1.59. The Morgan fingerprint density at radius 1 is 1.30 bits per heavy atom. The summed E-state index contributed by atoms with van der Waals surface area (Å²) in [7, 11) is 3.57. The molecule has 1 aliphatic rings. The van der Waals surface area contributed by atoms with E-state index in [4.69, 9.17) is 4.74 Å². The van der Waals surface area contributed by atoms with Crippen molar-refractivity contribution in [3.05, 3.63) is 54.1 Å². The third-order valence-corrected chi connectivity index (χ3v) is 5.12. The fourth-order valence-electron chi connectivity index (χ4n) is 3.53. The minimum Gasteiger partial charge on any atom is -0.380 e. The van der Waals surface area contributed by atoms with Gasteiger partial charge in [-0.3, -0.25) is 4.99 Å². The van der Waals surface area contributed by atoms with Crippen LogP contribution in [-0.2, 0) is 17.9 Å². The first kappa shape index (κ1) is 21.7. The maximum Gasteiger partial charge on any atom is 0.193 e. The molecule has 0 aliphatic carbocycles. The van der Waals surface area contributed by atoms with Crippen LogP contribution in [0.2, 0.25) is 0 Å². The number of nitrogens with zero attached hydrogens (tertiary/aromatic N) is 4. The molecule has 1 fully saturated rings. The number of nitrogens with one attached hydrogen (secondary N) is 1. The van der Waals surface area contributed by atoms with Crippen molar-refractivity contribution in [1.82, 2.24) is 19.8 Å². The van der Waals surface area contributed by atoms with Crippen molar-refractivity contribution in [2.75, 3.05) is 27.2 Å². The Morgan fingerprint density at radius 3 is 2.67 bits per heavy atom. The molecule has 1 aromatic carbocycles. The zero-order valence-corrected chi connectivity index (χ0v) is 18.7. The quantitative estimate of drug-likeness (QED) is 0.403. The molecule has 2 atom stereocenters. The van der Waals surface area contributed by atoms with Crippen molar-refractivity contribution in [2.45, 2.75) is 32.5 Å². The Morgan fingerprint density at radius 2 is 2.04 bits per heavy atom. The number of hydrogen-bond donors (Lipinski definition) is 1. The average molecular weight is 483 g/mol. The van der Waals surface area contributed by atoms with E-state index in [1.807, 2.05) is 19.6 Å². The van der Waals surface area contributed by atoms with Crippen molar-refractivity contribution >= 4 is 29.9 Å². The summed E-state index contributed by atoms with van der Waals surface area (Å²) in [6.07, 6.45) is 6.98. The lowest BCUT2D eigenvalue weighted by molar-refractivity contribution is 0.185. The molecule has 0 spiro atoms. The zero-order chi connectivity index (χ0) is 18.4. The van der Waals surface area contributed by atoms with Gasteiger partial charge in [-0.2, -0.15) is 0 Å². The minimum absolute atomic E-state index is 0. The predicted molar refractivity (Wildman–Crippen MR) is 119 cm³/mol. The van der Waals surface area contributed by atoms with Crippen LogP contribution < -0.4 is 5.32 Å². The van der Waals surface area contributed by atoms with Crippen LogP contribution in [0.15, 0.2) is 48.0 Å². The van der Waals surface area contributed by atoms with Crippen LogP contribution in [0.25, 0.3) is 0 Å². The smallest absolute Gasteiger partial charge is 0.193 e. The predicted octanol–water partition coefficient (Wildman–Crippen LogP) is 3.31.